The molecule has 0 aliphatic carbocycles. The minimum Gasteiger partial charge on any atom is -0.310 e. The summed E-state index contributed by atoms with van der Waals surface area (Å²) in [7, 11) is 0. The highest BCUT2D eigenvalue weighted by atomic mass is 19.1. The monoisotopic (exact) mass is 285 g/mol. The lowest BCUT2D eigenvalue weighted by Gasteiger charge is -2.22. The summed E-state index contributed by atoms with van der Waals surface area (Å²) in [4.78, 5) is 0. The lowest BCUT2D eigenvalue weighted by Crippen LogP contribution is -2.25. The molecule has 0 spiro atoms. The molecular weight excluding hydrogens is 261 g/mol. The van der Waals surface area contributed by atoms with E-state index in [1.54, 1.807) is 12.1 Å². The van der Waals surface area contributed by atoms with Crippen molar-refractivity contribution < 1.29 is 4.39 Å². The average Bonchev–Trinajstić information content (AvgIpc) is 2.46. The van der Waals surface area contributed by atoms with Crippen LogP contribution in [0, 0.1) is 19.7 Å². The maximum absolute atomic E-state index is 13.3. The van der Waals surface area contributed by atoms with Crippen molar-refractivity contribution in [1.29, 1.82) is 0 Å². The van der Waals surface area contributed by atoms with Crippen LogP contribution < -0.4 is 5.32 Å². The van der Waals surface area contributed by atoms with Gasteiger partial charge in [-0.15, -0.1) is 0 Å². The number of hydrogen-bond acceptors (Lipinski definition) is 1. The van der Waals surface area contributed by atoms with E-state index in [2.05, 4.69) is 43.4 Å². The number of halogens is 1. The Bertz CT molecular complexity index is 592. The molecule has 1 nitrogen and oxygen atoms in total. The molecule has 112 valence electrons. The van der Waals surface area contributed by atoms with Crippen molar-refractivity contribution in [3.8, 4) is 0 Å². The van der Waals surface area contributed by atoms with Gasteiger partial charge in [0.15, 0.2) is 0 Å². The van der Waals surface area contributed by atoms with E-state index in [4.69, 9.17) is 0 Å². The van der Waals surface area contributed by atoms with E-state index >= 15 is 0 Å². The van der Waals surface area contributed by atoms with Gasteiger partial charge in [0, 0.05) is 6.04 Å². The van der Waals surface area contributed by atoms with Crippen LogP contribution in [-0.4, -0.2) is 6.54 Å². The second-order valence-corrected chi connectivity index (χ2v) is 5.64. The van der Waals surface area contributed by atoms with Crippen molar-refractivity contribution in [2.45, 2.75) is 39.7 Å². The molecule has 1 N–H and O–H groups in total. The van der Waals surface area contributed by atoms with E-state index < -0.39 is 0 Å². The lowest BCUT2D eigenvalue weighted by atomic mass is 9.93. The summed E-state index contributed by atoms with van der Waals surface area (Å²) in [5, 5.41) is 3.60. The van der Waals surface area contributed by atoms with Crippen LogP contribution in [0.15, 0.2) is 42.5 Å². The minimum atomic E-state index is -0.165. The summed E-state index contributed by atoms with van der Waals surface area (Å²) >= 11 is 0. The van der Waals surface area contributed by atoms with Crippen LogP contribution in [0.1, 0.15) is 41.6 Å². The fourth-order valence-corrected chi connectivity index (χ4v) is 2.70. The van der Waals surface area contributed by atoms with Crippen LogP contribution in [0.25, 0.3) is 0 Å². The van der Waals surface area contributed by atoms with Crippen LogP contribution in [0.2, 0.25) is 0 Å². The van der Waals surface area contributed by atoms with Crippen LogP contribution in [0.3, 0.4) is 0 Å². The highest BCUT2D eigenvalue weighted by Crippen LogP contribution is 2.24. The average molecular weight is 285 g/mol. The molecule has 21 heavy (non-hydrogen) atoms. The molecule has 1 atom stereocenters. The van der Waals surface area contributed by atoms with E-state index in [1.807, 2.05) is 13.0 Å². The Kier molecular flexibility index (Phi) is 5.51. The Balaban J connectivity index is 2.27. The number of benzene rings is 2. The smallest absolute Gasteiger partial charge is 0.123 e. The number of aryl methyl sites for hydroxylation is 2. The van der Waals surface area contributed by atoms with E-state index in [1.165, 1.54) is 16.7 Å². The highest BCUT2D eigenvalue weighted by molar-refractivity contribution is 5.33. The molecule has 0 fully saturated rings. The molecule has 0 radical (unpaired) electrons. The summed E-state index contributed by atoms with van der Waals surface area (Å²) < 4.78 is 13.3. The van der Waals surface area contributed by atoms with Gasteiger partial charge in [-0.2, -0.15) is 0 Å². The second-order valence-electron chi connectivity index (χ2n) is 5.64. The summed E-state index contributed by atoms with van der Waals surface area (Å²) in [5.41, 5.74) is 4.85. The molecule has 0 amide bonds. The van der Waals surface area contributed by atoms with E-state index in [9.17, 15) is 4.39 Å². The third-order valence-corrected chi connectivity index (χ3v) is 3.93. The van der Waals surface area contributed by atoms with Crippen LogP contribution in [-0.2, 0) is 6.42 Å². The van der Waals surface area contributed by atoms with Crippen molar-refractivity contribution in [2.75, 3.05) is 6.54 Å². The number of nitrogens with one attached hydrogen (secondary N) is 1. The molecule has 0 aliphatic heterocycles. The molecule has 0 heterocycles. The first-order chi connectivity index (χ1) is 10.1. The zero-order valence-electron chi connectivity index (χ0n) is 13.1. The normalized spacial score (nSPS) is 12.4. The van der Waals surface area contributed by atoms with E-state index in [0.717, 1.165) is 24.9 Å². The molecule has 0 aliphatic rings. The van der Waals surface area contributed by atoms with E-state index in [-0.39, 0.29) is 11.9 Å². The SMILES string of the molecule is CCCNC(Cc1ccccc1C)c1ccc(F)cc1C. The largest absolute Gasteiger partial charge is 0.310 e. The molecule has 2 heteroatoms. The predicted octanol–water partition coefficient (Wildman–Crippen LogP) is 4.73. The topological polar surface area (TPSA) is 12.0 Å². The Morgan fingerprint density at radius 3 is 2.48 bits per heavy atom. The first-order valence-electron chi connectivity index (χ1n) is 7.65. The molecule has 2 aromatic carbocycles. The van der Waals surface area contributed by atoms with E-state index in [0.29, 0.717) is 0 Å². The summed E-state index contributed by atoms with van der Waals surface area (Å²) in [6.07, 6.45) is 2.02. The fraction of sp³-hybridized carbons (Fsp3) is 0.368. The molecule has 0 aromatic heterocycles. The molecule has 2 rings (SSSR count). The number of rotatable bonds is 6. The minimum absolute atomic E-state index is 0.165. The second kappa shape index (κ2) is 7.37. The molecule has 0 saturated heterocycles. The first-order valence-corrected chi connectivity index (χ1v) is 7.65. The van der Waals surface area contributed by atoms with Crippen molar-refractivity contribution in [1.82, 2.24) is 5.32 Å². The quantitative estimate of drug-likeness (QED) is 0.809. The third-order valence-electron chi connectivity index (χ3n) is 3.93. The van der Waals surface area contributed by atoms with Gasteiger partial charge in [-0.1, -0.05) is 37.3 Å². The highest BCUT2D eigenvalue weighted by Gasteiger charge is 2.15. The van der Waals surface area contributed by atoms with Crippen molar-refractivity contribution in [3.05, 3.63) is 70.5 Å². The van der Waals surface area contributed by atoms with Crippen LogP contribution in [0.5, 0.6) is 0 Å². The Labute approximate surface area is 127 Å². The standard InChI is InChI=1S/C19H24FN/c1-4-11-21-19(13-16-8-6-5-7-14(16)2)18-10-9-17(20)12-15(18)3/h5-10,12,19,21H,4,11,13H2,1-3H3. The van der Waals surface area contributed by atoms with Gasteiger partial charge in [0.25, 0.3) is 0 Å². The van der Waals surface area contributed by atoms with Gasteiger partial charge in [0.2, 0.25) is 0 Å². The molecule has 0 saturated carbocycles. The molecule has 1 unspecified atom stereocenters. The summed E-state index contributed by atoms with van der Waals surface area (Å²) in [5.74, 6) is -0.165. The van der Waals surface area contributed by atoms with Crippen molar-refractivity contribution in [3.63, 3.8) is 0 Å². The maximum Gasteiger partial charge on any atom is 0.123 e. The summed E-state index contributed by atoms with van der Waals surface area (Å²) in [6, 6.07) is 13.8. The Hall–Kier alpha value is -1.67. The third kappa shape index (κ3) is 4.15. The van der Waals surface area contributed by atoms with Gasteiger partial charge in [-0.3, -0.25) is 0 Å². The molecule has 2 aromatic rings. The van der Waals surface area contributed by atoms with Gasteiger partial charge in [-0.05, 0) is 67.6 Å². The Morgan fingerprint density at radius 1 is 1.05 bits per heavy atom. The van der Waals surface area contributed by atoms with Crippen molar-refractivity contribution in [2.24, 2.45) is 0 Å². The molecular formula is C19H24FN. The lowest BCUT2D eigenvalue weighted by molar-refractivity contribution is 0.524. The maximum atomic E-state index is 13.3. The van der Waals surface area contributed by atoms with Crippen LogP contribution >= 0.6 is 0 Å². The van der Waals surface area contributed by atoms with Gasteiger partial charge < -0.3 is 5.32 Å². The fourth-order valence-electron chi connectivity index (χ4n) is 2.70. The zero-order chi connectivity index (χ0) is 15.2. The van der Waals surface area contributed by atoms with Gasteiger partial charge >= 0.3 is 0 Å². The van der Waals surface area contributed by atoms with Gasteiger partial charge in [0.1, 0.15) is 5.82 Å². The Morgan fingerprint density at radius 2 is 1.81 bits per heavy atom. The predicted molar refractivity (Wildman–Crippen MR) is 87.1 cm³/mol. The first kappa shape index (κ1) is 15.7. The van der Waals surface area contributed by atoms with Gasteiger partial charge in [0.05, 0.1) is 0 Å². The number of hydrogen-bond donors (Lipinski definition) is 1. The summed E-state index contributed by atoms with van der Waals surface area (Å²) in [6.45, 7) is 7.25. The van der Waals surface area contributed by atoms with Crippen LogP contribution in [0.4, 0.5) is 4.39 Å². The molecule has 0 bridgehead atoms. The van der Waals surface area contributed by atoms with Crippen molar-refractivity contribution >= 4 is 0 Å². The van der Waals surface area contributed by atoms with Gasteiger partial charge in [-0.25, -0.2) is 4.39 Å². The zero-order valence-corrected chi connectivity index (χ0v) is 13.1.